The molecule has 0 saturated carbocycles. The maximum Gasteiger partial charge on any atom is 0.393 e. The van der Waals surface area contributed by atoms with Crippen molar-refractivity contribution in [1.29, 1.82) is 0 Å². The number of hydrogen-bond donors (Lipinski definition) is 2. The Kier molecular flexibility index (Phi) is 8.92. The van der Waals surface area contributed by atoms with Crippen LogP contribution < -0.4 is 0 Å². The number of benzene rings is 2. The summed E-state index contributed by atoms with van der Waals surface area (Å²) in [6.07, 6.45) is -8.16. The summed E-state index contributed by atoms with van der Waals surface area (Å²) in [5.41, 5.74) is 1.54. The minimum atomic E-state index is -4.28. The van der Waals surface area contributed by atoms with Crippen LogP contribution in [0.1, 0.15) is 61.8 Å². The van der Waals surface area contributed by atoms with Crippen molar-refractivity contribution in [2.24, 2.45) is 0 Å². The van der Waals surface area contributed by atoms with Gasteiger partial charge in [-0.2, -0.15) is 13.2 Å². The first-order valence-corrected chi connectivity index (χ1v) is 9.29. The Balaban J connectivity index is 0.000000291. The number of phenolic OH excluding ortho intramolecular Hbond substituents is 2. The highest BCUT2D eigenvalue weighted by molar-refractivity contribution is 5.43. The monoisotopic (exact) mass is 418 g/mol. The number of alkyl halides is 5. The van der Waals surface area contributed by atoms with Gasteiger partial charge in [0.1, 0.15) is 11.5 Å². The highest BCUT2D eigenvalue weighted by Crippen LogP contribution is 2.33. The largest absolute Gasteiger partial charge is 0.507 e. The van der Waals surface area contributed by atoms with Crippen LogP contribution in [0, 0.1) is 0 Å². The van der Waals surface area contributed by atoms with E-state index in [1.165, 1.54) is 18.2 Å². The van der Waals surface area contributed by atoms with Crippen LogP contribution in [0.15, 0.2) is 36.4 Å². The molecule has 0 spiro atoms. The molecule has 0 aliphatic heterocycles. The maximum atomic E-state index is 12.1. The van der Waals surface area contributed by atoms with Crippen molar-refractivity contribution < 1.29 is 32.2 Å². The molecule has 0 saturated heterocycles. The van der Waals surface area contributed by atoms with Crippen LogP contribution >= 0.6 is 0 Å². The molecule has 0 radical (unpaired) electrons. The number of hydrogen-bond acceptors (Lipinski definition) is 2. The normalized spacial score (nSPS) is 11.7. The van der Waals surface area contributed by atoms with Crippen molar-refractivity contribution in [2.45, 2.75) is 65.0 Å². The average Bonchev–Trinajstić information content (AvgIpc) is 2.57. The number of aromatic hydroxyl groups is 2. The minimum absolute atomic E-state index is 0.0122. The Bertz CT molecular complexity index is 783. The van der Waals surface area contributed by atoms with Crippen LogP contribution in [0.2, 0.25) is 0 Å². The predicted octanol–water partition coefficient (Wildman–Crippen LogP) is 6.94. The molecule has 2 N–H and O–H groups in total. The summed E-state index contributed by atoms with van der Waals surface area (Å²) in [5, 5.41) is 19.3. The molecule has 0 aromatic heterocycles. The molecule has 0 heterocycles. The molecular formula is C22H27F5O2. The lowest BCUT2D eigenvalue weighted by Gasteiger charge is -2.13. The van der Waals surface area contributed by atoms with E-state index in [0.29, 0.717) is 11.1 Å². The summed E-state index contributed by atoms with van der Waals surface area (Å²) < 4.78 is 60.7. The van der Waals surface area contributed by atoms with Gasteiger partial charge in [-0.05, 0) is 28.5 Å². The van der Waals surface area contributed by atoms with Crippen molar-refractivity contribution in [3.63, 3.8) is 0 Å². The van der Waals surface area contributed by atoms with E-state index in [0.717, 1.165) is 5.56 Å². The number of phenols is 2. The van der Waals surface area contributed by atoms with Crippen molar-refractivity contribution in [1.82, 2.24) is 0 Å². The minimum Gasteiger partial charge on any atom is -0.507 e. The summed E-state index contributed by atoms with van der Waals surface area (Å²) in [4.78, 5) is 0. The fourth-order valence-electron chi connectivity index (χ4n) is 2.84. The second-order valence-electron chi connectivity index (χ2n) is 7.41. The first kappa shape index (κ1) is 24.7. The van der Waals surface area contributed by atoms with Crippen LogP contribution in [-0.4, -0.2) is 22.8 Å². The smallest absolute Gasteiger partial charge is 0.393 e. The fraction of sp³-hybridized carbons (Fsp3) is 0.455. The second kappa shape index (κ2) is 10.5. The van der Waals surface area contributed by atoms with Gasteiger partial charge in [0, 0.05) is 12.0 Å². The summed E-state index contributed by atoms with van der Waals surface area (Å²) in [5.74, 6) is -0.0570. The Morgan fingerprint density at radius 1 is 0.759 bits per heavy atom. The molecule has 2 rings (SSSR count). The van der Waals surface area contributed by atoms with Gasteiger partial charge in [-0.15, -0.1) is 0 Å². The van der Waals surface area contributed by atoms with Gasteiger partial charge in [-0.3, -0.25) is 0 Å². The van der Waals surface area contributed by atoms with E-state index in [9.17, 15) is 32.2 Å². The molecule has 0 amide bonds. The Labute approximate surface area is 168 Å². The summed E-state index contributed by atoms with van der Waals surface area (Å²) in [6, 6.07) is 9.47. The zero-order valence-corrected chi connectivity index (χ0v) is 16.9. The predicted molar refractivity (Wildman–Crippen MR) is 104 cm³/mol. The molecule has 29 heavy (non-hydrogen) atoms. The lowest BCUT2D eigenvalue weighted by Crippen LogP contribution is -2.12. The van der Waals surface area contributed by atoms with E-state index < -0.39 is 19.0 Å². The standard InChI is InChI=1S/C11H13F3O.C11H14F2O/c1-7(2)9-5-3-4-8(10(9)15)6-11(12,13)14;1-7(2)9-5-3-4-8(11(9)14)6-10(12)13/h3-5,7,15H,6H2,1-2H3;3-5,7,10,14H,6H2,1-2H3. The van der Waals surface area contributed by atoms with E-state index in [1.807, 2.05) is 27.7 Å². The first-order valence-electron chi connectivity index (χ1n) is 9.29. The maximum absolute atomic E-state index is 12.1. The third-order valence-corrected chi connectivity index (χ3v) is 4.31. The van der Waals surface area contributed by atoms with Crippen LogP contribution in [0.4, 0.5) is 22.0 Å². The molecule has 162 valence electrons. The van der Waals surface area contributed by atoms with Gasteiger partial charge < -0.3 is 10.2 Å². The molecule has 2 nitrogen and oxygen atoms in total. The molecule has 0 bridgehead atoms. The van der Waals surface area contributed by atoms with Crippen molar-refractivity contribution in [3.05, 3.63) is 58.7 Å². The molecule has 0 aliphatic carbocycles. The van der Waals surface area contributed by atoms with Crippen molar-refractivity contribution >= 4 is 0 Å². The third-order valence-electron chi connectivity index (χ3n) is 4.31. The molecule has 0 unspecified atom stereocenters. The Morgan fingerprint density at radius 2 is 1.17 bits per heavy atom. The lowest BCUT2D eigenvalue weighted by molar-refractivity contribution is -0.127. The molecule has 7 heteroatoms. The van der Waals surface area contributed by atoms with Gasteiger partial charge in [0.2, 0.25) is 6.43 Å². The van der Waals surface area contributed by atoms with Crippen LogP contribution in [0.5, 0.6) is 11.5 Å². The van der Waals surface area contributed by atoms with E-state index >= 15 is 0 Å². The second-order valence-corrected chi connectivity index (χ2v) is 7.41. The molecular weight excluding hydrogens is 391 g/mol. The summed E-state index contributed by atoms with van der Waals surface area (Å²) in [6.45, 7) is 7.49. The zero-order valence-electron chi connectivity index (χ0n) is 16.9. The van der Waals surface area contributed by atoms with Gasteiger partial charge in [0.05, 0.1) is 6.42 Å². The Hall–Kier alpha value is -2.31. The van der Waals surface area contributed by atoms with Crippen LogP contribution in [0.25, 0.3) is 0 Å². The van der Waals surface area contributed by atoms with Gasteiger partial charge >= 0.3 is 6.18 Å². The van der Waals surface area contributed by atoms with E-state index in [-0.39, 0.29) is 35.3 Å². The summed E-state index contributed by atoms with van der Waals surface area (Å²) >= 11 is 0. The van der Waals surface area contributed by atoms with Gasteiger partial charge in [-0.1, -0.05) is 64.1 Å². The Morgan fingerprint density at radius 3 is 1.55 bits per heavy atom. The third kappa shape index (κ3) is 7.91. The van der Waals surface area contributed by atoms with Crippen LogP contribution in [0.3, 0.4) is 0 Å². The van der Waals surface area contributed by atoms with Crippen LogP contribution in [-0.2, 0) is 12.8 Å². The van der Waals surface area contributed by atoms with Gasteiger partial charge in [-0.25, -0.2) is 8.78 Å². The molecule has 2 aromatic carbocycles. The first-order chi connectivity index (χ1) is 13.3. The number of halogens is 5. The fourth-order valence-corrected chi connectivity index (χ4v) is 2.84. The van der Waals surface area contributed by atoms with Crippen molar-refractivity contribution in [3.8, 4) is 11.5 Å². The van der Waals surface area contributed by atoms with E-state index in [1.54, 1.807) is 18.2 Å². The van der Waals surface area contributed by atoms with E-state index in [2.05, 4.69) is 0 Å². The van der Waals surface area contributed by atoms with Gasteiger partial charge in [0.25, 0.3) is 0 Å². The van der Waals surface area contributed by atoms with Crippen molar-refractivity contribution in [2.75, 3.05) is 0 Å². The summed E-state index contributed by atoms with van der Waals surface area (Å²) in [7, 11) is 0. The van der Waals surface area contributed by atoms with Gasteiger partial charge in [0.15, 0.2) is 0 Å². The number of para-hydroxylation sites is 2. The SMILES string of the molecule is CC(C)c1cccc(CC(F)(F)F)c1O.CC(C)c1cccc(CC(F)F)c1O. The highest BCUT2D eigenvalue weighted by Gasteiger charge is 2.29. The lowest BCUT2D eigenvalue weighted by atomic mass is 9.98. The topological polar surface area (TPSA) is 40.5 Å². The average molecular weight is 418 g/mol. The zero-order chi connectivity index (χ0) is 22.4. The molecule has 0 aliphatic rings. The number of rotatable bonds is 5. The quantitative estimate of drug-likeness (QED) is 0.516. The highest BCUT2D eigenvalue weighted by atomic mass is 19.4. The van der Waals surface area contributed by atoms with E-state index in [4.69, 9.17) is 0 Å². The molecule has 0 fully saturated rings. The molecule has 2 aromatic rings. The molecule has 0 atom stereocenters.